The summed E-state index contributed by atoms with van der Waals surface area (Å²) < 4.78 is 10.5. The zero-order valence-corrected chi connectivity index (χ0v) is 17.8. The lowest BCUT2D eigenvalue weighted by Gasteiger charge is -2.13. The molecule has 30 heavy (non-hydrogen) atoms. The highest BCUT2D eigenvalue weighted by atomic mass is 32.1. The van der Waals surface area contributed by atoms with E-state index in [1.807, 2.05) is 19.1 Å². The minimum atomic E-state index is -0.397. The lowest BCUT2D eigenvalue weighted by atomic mass is 10.1. The first-order valence-corrected chi connectivity index (χ1v) is 9.98. The fourth-order valence-electron chi connectivity index (χ4n) is 2.89. The molecule has 0 bridgehead atoms. The Labute approximate surface area is 177 Å². The Balaban J connectivity index is 0.00000101. The molecule has 162 valence electrons. The maximum atomic E-state index is 12.5. The first kappa shape index (κ1) is 23.1. The number of aromatic nitrogens is 2. The molecule has 1 aromatic heterocycles. The number of ether oxygens (including phenoxy) is 2. The Morgan fingerprint density at radius 2 is 2.03 bits per heavy atom. The van der Waals surface area contributed by atoms with Crippen LogP contribution in [0.5, 0.6) is 11.5 Å². The molecule has 2 amide bonds. The third-order valence-corrected chi connectivity index (χ3v) is 5.49. The Morgan fingerprint density at radius 1 is 1.33 bits per heavy atom. The standard InChI is InChI=1S/C18H22N4O4S.CH2O2/c1-4-15-20-21-18(27-15)22-10-12(8-16(22)23)17(24)19-9-11-5-6-13(25-2)14(7-11)26-3;2-1-3/h5-7,12H,4,8-10H2,1-3H3,(H,19,24);1H,(H,2,3). The molecule has 0 spiro atoms. The highest BCUT2D eigenvalue weighted by Crippen LogP contribution is 2.29. The third-order valence-electron chi connectivity index (χ3n) is 4.40. The summed E-state index contributed by atoms with van der Waals surface area (Å²) >= 11 is 1.39. The van der Waals surface area contributed by atoms with Crippen molar-refractivity contribution in [1.82, 2.24) is 15.5 Å². The Morgan fingerprint density at radius 3 is 2.63 bits per heavy atom. The van der Waals surface area contributed by atoms with Gasteiger partial charge in [0.1, 0.15) is 5.01 Å². The molecular weight excluding hydrogens is 412 g/mol. The SMILES string of the molecule is CCc1nnc(N2CC(C(=O)NCc3ccc(OC)c(OC)c3)CC2=O)s1.O=CO. The van der Waals surface area contributed by atoms with Gasteiger partial charge in [-0.05, 0) is 24.1 Å². The van der Waals surface area contributed by atoms with E-state index in [0.717, 1.165) is 17.0 Å². The summed E-state index contributed by atoms with van der Waals surface area (Å²) in [4.78, 5) is 34.7. The van der Waals surface area contributed by atoms with Gasteiger partial charge in [-0.25, -0.2) is 0 Å². The van der Waals surface area contributed by atoms with E-state index in [9.17, 15) is 9.59 Å². The fourth-order valence-corrected chi connectivity index (χ4v) is 3.69. The predicted molar refractivity (Wildman–Crippen MR) is 110 cm³/mol. The number of methoxy groups -OCH3 is 2. The molecule has 1 fully saturated rings. The van der Waals surface area contributed by atoms with Crippen LogP contribution in [-0.4, -0.2) is 54.4 Å². The van der Waals surface area contributed by atoms with Gasteiger partial charge in [0.05, 0.1) is 20.1 Å². The number of anilines is 1. The van der Waals surface area contributed by atoms with Crippen LogP contribution in [0.15, 0.2) is 18.2 Å². The molecule has 1 aliphatic heterocycles. The van der Waals surface area contributed by atoms with Gasteiger partial charge in [-0.15, -0.1) is 10.2 Å². The van der Waals surface area contributed by atoms with Gasteiger partial charge < -0.3 is 19.9 Å². The summed E-state index contributed by atoms with van der Waals surface area (Å²) in [7, 11) is 3.14. The predicted octanol–water partition coefficient (Wildman–Crippen LogP) is 1.49. The minimum absolute atomic E-state index is 0.0972. The lowest BCUT2D eigenvalue weighted by Crippen LogP contribution is -2.32. The van der Waals surface area contributed by atoms with Gasteiger partial charge in [-0.3, -0.25) is 19.3 Å². The first-order valence-electron chi connectivity index (χ1n) is 9.16. The van der Waals surface area contributed by atoms with Crippen LogP contribution in [-0.2, 0) is 27.3 Å². The number of nitrogens with zero attached hydrogens (tertiary/aromatic N) is 3. The second-order valence-electron chi connectivity index (χ2n) is 6.25. The number of carbonyl (C=O) groups excluding carboxylic acids is 2. The van der Waals surface area contributed by atoms with Crippen molar-refractivity contribution in [2.24, 2.45) is 5.92 Å². The molecule has 3 rings (SSSR count). The van der Waals surface area contributed by atoms with Crippen molar-refractivity contribution < 1.29 is 29.0 Å². The van der Waals surface area contributed by atoms with E-state index in [-0.39, 0.29) is 24.7 Å². The number of carbonyl (C=O) groups is 3. The fraction of sp³-hybridized carbons (Fsp3) is 0.421. The maximum Gasteiger partial charge on any atom is 0.290 e. The molecule has 0 saturated carbocycles. The number of carboxylic acid groups (broad SMARTS) is 1. The van der Waals surface area contributed by atoms with E-state index >= 15 is 0 Å². The number of hydrogen-bond acceptors (Lipinski definition) is 8. The van der Waals surface area contributed by atoms with Crippen molar-refractivity contribution >= 4 is 34.8 Å². The summed E-state index contributed by atoms with van der Waals surface area (Å²) in [5.74, 6) is 0.593. The zero-order chi connectivity index (χ0) is 22.1. The Hall–Kier alpha value is -3.21. The number of rotatable bonds is 7. The van der Waals surface area contributed by atoms with Gasteiger partial charge >= 0.3 is 0 Å². The number of hydrogen-bond donors (Lipinski definition) is 2. The van der Waals surface area contributed by atoms with Crippen LogP contribution in [0.3, 0.4) is 0 Å². The van der Waals surface area contributed by atoms with Crippen LogP contribution in [0.2, 0.25) is 0 Å². The maximum absolute atomic E-state index is 12.5. The van der Waals surface area contributed by atoms with E-state index in [4.69, 9.17) is 19.4 Å². The molecule has 0 aliphatic carbocycles. The average Bonchev–Trinajstić information content (AvgIpc) is 3.38. The normalized spacial score (nSPS) is 15.2. The Kier molecular flexibility index (Phi) is 8.54. The summed E-state index contributed by atoms with van der Waals surface area (Å²) in [5, 5.41) is 19.3. The Bertz CT molecular complexity index is 888. The van der Waals surface area contributed by atoms with Crippen LogP contribution in [0.25, 0.3) is 0 Å². The van der Waals surface area contributed by atoms with Gasteiger partial charge in [-0.2, -0.15) is 0 Å². The topological polar surface area (TPSA) is 131 Å². The van der Waals surface area contributed by atoms with E-state index in [2.05, 4.69) is 15.5 Å². The first-order chi connectivity index (χ1) is 14.5. The molecule has 2 heterocycles. The summed E-state index contributed by atoms with van der Waals surface area (Å²) in [6, 6.07) is 5.47. The van der Waals surface area contributed by atoms with Gasteiger partial charge in [0.15, 0.2) is 11.5 Å². The second kappa shape index (κ2) is 11.1. The number of benzene rings is 1. The van der Waals surface area contributed by atoms with E-state index in [0.29, 0.717) is 29.7 Å². The smallest absolute Gasteiger partial charge is 0.290 e. The third kappa shape index (κ3) is 5.66. The minimum Gasteiger partial charge on any atom is -0.493 e. The van der Waals surface area contributed by atoms with Crippen LogP contribution in [0.4, 0.5) is 5.13 Å². The van der Waals surface area contributed by atoms with Crippen LogP contribution in [0.1, 0.15) is 23.9 Å². The monoisotopic (exact) mass is 436 g/mol. The van der Waals surface area contributed by atoms with Crippen LogP contribution < -0.4 is 19.7 Å². The molecule has 2 N–H and O–H groups in total. The quantitative estimate of drug-likeness (QED) is 0.624. The molecule has 1 saturated heterocycles. The average molecular weight is 436 g/mol. The van der Waals surface area contributed by atoms with Crippen LogP contribution in [0, 0.1) is 5.92 Å². The van der Waals surface area contributed by atoms with Crippen LogP contribution >= 0.6 is 11.3 Å². The van der Waals surface area contributed by atoms with Gasteiger partial charge in [0.25, 0.3) is 6.47 Å². The van der Waals surface area contributed by atoms with E-state index in [1.54, 1.807) is 25.2 Å². The molecule has 10 nitrogen and oxygen atoms in total. The second-order valence-corrected chi connectivity index (χ2v) is 7.29. The molecule has 11 heteroatoms. The number of aryl methyl sites for hydroxylation is 1. The lowest BCUT2D eigenvalue weighted by molar-refractivity contribution is -0.126. The molecule has 1 aliphatic rings. The highest BCUT2D eigenvalue weighted by Gasteiger charge is 2.36. The molecule has 1 aromatic carbocycles. The largest absolute Gasteiger partial charge is 0.493 e. The summed E-state index contributed by atoms with van der Waals surface area (Å²) in [6.07, 6.45) is 0.952. The van der Waals surface area contributed by atoms with Crippen molar-refractivity contribution in [3.63, 3.8) is 0 Å². The van der Waals surface area contributed by atoms with Gasteiger partial charge in [-0.1, -0.05) is 24.3 Å². The highest BCUT2D eigenvalue weighted by molar-refractivity contribution is 7.15. The van der Waals surface area contributed by atoms with E-state index < -0.39 is 5.92 Å². The van der Waals surface area contributed by atoms with Gasteiger partial charge in [0, 0.05) is 19.5 Å². The molecule has 2 aromatic rings. The van der Waals surface area contributed by atoms with Crippen molar-refractivity contribution in [3.05, 3.63) is 28.8 Å². The summed E-state index contributed by atoms with van der Waals surface area (Å²) in [5.41, 5.74) is 0.888. The van der Waals surface area contributed by atoms with Gasteiger partial charge in [0.2, 0.25) is 16.9 Å². The zero-order valence-electron chi connectivity index (χ0n) is 17.0. The molecule has 1 atom stereocenters. The van der Waals surface area contributed by atoms with E-state index in [1.165, 1.54) is 11.3 Å². The molecular formula is C19H24N4O6S. The summed E-state index contributed by atoms with van der Waals surface area (Å²) in [6.45, 7) is 2.41. The van der Waals surface area contributed by atoms with Crippen molar-refractivity contribution in [2.45, 2.75) is 26.3 Å². The number of amides is 2. The molecule has 0 radical (unpaired) electrons. The number of nitrogens with one attached hydrogen (secondary N) is 1. The molecule has 1 unspecified atom stereocenters. The van der Waals surface area contributed by atoms with Crippen molar-refractivity contribution in [1.29, 1.82) is 0 Å². The van der Waals surface area contributed by atoms with Crippen molar-refractivity contribution in [3.8, 4) is 11.5 Å². The van der Waals surface area contributed by atoms with Crippen molar-refractivity contribution in [2.75, 3.05) is 25.7 Å².